The molecule has 0 fully saturated rings. The van der Waals surface area contributed by atoms with Crippen LogP contribution in [0.3, 0.4) is 0 Å². The highest BCUT2D eigenvalue weighted by molar-refractivity contribution is 7.16. The lowest BCUT2D eigenvalue weighted by Gasteiger charge is -1.91. The predicted octanol–water partition coefficient (Wildman–Crippen LogP) is 2.31. The highest BCUT2D eigenvalue weighted by Gasteiger charge is 2.13. The highest BCUT2D eigenvalue weighted by Crippen LogP contribution is 2.24. The number of aromatic nitrogens is 1. The van der Waals surface area contributed by atoms with Crippen LogP contribution in [0.15, 0.2) is 11.6 Å². The van der Waals surface area contributed by atoms with Crippen molar-refractivity contribution in [1.82, 2.24) is 4.40 Å². The summed E-state index contributed by atoms with van der Waals surface area (Å²) in [7, 11) is 4.12. The molecule has 2 heterocycles. The highest BCUT2D eigenvalue weighted by atomic mass is 32.1. The number of hydrogen-bond donors (Lipinski definition) is 0. The molecular formula is C11H15N2S+. The van der Waals surface area contributed by atoms with E-state index in [9.17, 15) is 0 Å². The van der Waals surface area contributed by atoms with Gasteiger partial charge in [0.1, 0.15) is 18.9 Å². The second-order valence-corrected chi connectivity index (χ2v) is 4.69. The van der Waals surface area contributed by atoms with E-state index in [1.807, 2.05) is 0 Å². The first kappa shape index (κ1) is 9.46. The van der Waals surface area contributed by atoms with Gasteiger partial charge < -0.3 is 4.40 Å². The summed E-state index contributed by atoms with van der Waals surface area (Å²) in [5, 5.41) is 2.13. The first-order chi connectivity index (χ1) is 6.61. The first-order valence-corrected chi connectivity index (χ1v) is 5.55. The molecule has 2 nitrogen and oxygen atoms in total. The van der Waals surface area contributed by atoms with Crippen LogP contribution in [0.4, 0.5) is 0 Å². The maximum atomic E-state index is 2.26. The lowest BCUT2D eigenvalue weighted by atomic mass is 10.2. The van der Waals surface area contributed by atoms with Gasteiger partial charge in [-0.25, -0.2) is 4.58 Å². The van der Waals surface area contributed by atoms with E-state index in [4.69, 9.17) is 0 Å². The second kappa shape index (κ2) is 3.24. The third-order valence-electron chi connectivity index (χ3n) is 2.53. The standard InChI is InChI=1S/C11H15N2S/c1-8-9(2)13-5-6-14-11(13)10(8)7-12(3)4/h5-7H,1-4H3/q+1. The number of thiazole rings is 1. The molecule has 74 valence electrons. The van der Waals surface area contributed by atoms with E-state index in [2.05, 4.69) is 54.7 Å². The number of nitrogens with zero attached hydrogens (tertiary/aromatic N) is 2. The third-order valence-corrected chi connectivity index (χ3v) is 3.43. The van der Waals surface area contributed by atoms with Gasteiger partial charge in [-0.1, -0.05) is 0 Å². The fourth-order valence-corrected chi connectivity index (χ4v) is 2.64. The van der Waals surface area contributed by atoms with E-state index in [1.54, 1.807) is 11.3 Å². The first-order valence-electron chi connectivity index (χ1n) is 4.67. The molecule has 0 aromatic carbocycles. The van der Waals surface area contributed by atoms with Crippen molar-refractivity contribution < 1.29 is 4.58 Å². The Bertz CT molecular complexity index is 499. The summed E-state index contributed by atoms with van der Waals surface area (Å²) >= 11 is 1.80. The van der Waals surface area contributed by atoms with Gasteiger partial charge in [0.05, 0.1) is 5.56 Å². The van der Waals surface area contributed by atoms with E-state index in [0.717, 1.165) is 0 Å². The van der Waals surface area contributed by atoms with Crippen LogP contribution in [0, 0.1) is 13.8 Å². The summed E-state index contributed by atoms with van der Waals surface area (Å²) in [5.74, 6) is 0. The molecule has 0 N–H and O–H groups in total. The topological polar surface area (TPSA) is 7.42 Å². The summed E-state index contributed by atoms with van der Waals surface area (Å²) < 4.78 is 4.36. The van der Waals surface area contributed by atoms with E-state index < -0.39 is 0 Å². The summed E-state index contributed by atoms with van der Waals surface area (Å²) in [6.45, 7) is 4.35. The molecule has 2 rings (SSSR count). The van der Waals surface area contributed by atoms with E-state index in [-0.39, 0.29) is 0 Å². The van der Waals surface area contributed by atoms with E-state index in [0.29, 0.717) is 0 Å². The van der Waals surface area contributed by atoms with Crippen molar-refractivity contribution in [3.05, 3.63) is 28.4 Å². The zero-order valence-electron chi connectivity index (χ0n) is 9.03. The Morgan fingerprint density at radius 1 is 1.36 bits per heavy atom. The average Bonchev–Trinajstić information content (AvgIpc) is 2.65. The predicted molar refractivity (Wildman–Crippen MR) is 62.0 cm³/mol. The maximum absolute atomic E-state index is 2.26. The Labute approximate surface area is 88.1 Å². The molecule has 0 aliphatic rings. The van der Waals surface area contributed by atoms with Gasteiger partial charge in [-0.3, -0.25) is 0 Å². The van der Waals surface area contributed by atoms with Gasteiger partial charge >= 0.3 is 0 Å². The van der Waals surface area contributed by atoms with Gasteiger partial charge in [0.25, 0.3) is 0 Å². The summed E-state index contributed by atoms with van der Waals surface area (Å²) in [6, 6.07) is 0. The molecule has 0 saturated heterocycles. The smallest absolute Gasteiger partial charge is 0.173 e. The Hall–Kier alpha value is -1.09. The van der Waals surface area contributed by atoms with Gasteiger partial charge in [-0.05, 0) is 19.4 Å². The van der Waals surface area contributed by atoms with Crippen LogP contribution < -0.4 is 0 Å². The van der Waals surface area contributed by atoms with Gasteiger partial charge in [0.2, 0.25) is 0 Å². The molecule has 3 heteroatoms. The normalized spacial score (nSPS) is 10.9. The lowest BCUT2D eigenvalue weighted by Crippen LogP contribution is -2.00. The molecule has 0 aliphatic heterocycles. The molecule has 0 spiro atoms. The van der Waals surface area contributed by atoms with Gasteiger partial charge in [-0.2, -0.15) is 0 Å². The van der Waals surface area contributed by atoms with Crippen LogP contribution in [0.25, 0.3) is 4.83 Å². The summed E-state index contributed by atoms with van der Waals surface area (Å²) in [4.78, 5) is 1.34. The van der Waals surface area contributed by atoms with Crippen molar-refractivity contribution in [1.29, 1.82) is 0 Å². The SMILES string of the molecule is Cc1c(C=[N+](C)C)c2sccn2c1C. The van der Waals surface area contributed by atoms with Crippen molar-refractivity contribution in [2.45, 2.75) is 13.8 Å². The largest absolute Gasteiger partial charge is 0.311 e. The van der Waals surface area contributed by atoms with Gasteiger partial charge in [0, 0.05) is 17.3 Å². The van der Waals surface area contributed by atoms with Gasteiger partial charge in [0.15, 0.2) is 6.21 Å². The van der Waals surface area contributed by atoms with Crippen molar-refractivity contribution in [2.24, 2.45) is 0 Å². The van der Waals surface area contributed by atoms with Crippen molar-refractivity contribution >= 4 is 22.4 Å². The van der Waals surface area contributed by atoms with E-state index in [1.165, 1.54) is 21.7 Å². The second-order valence-electron chi connectivity index (χ2n) is 3.79. The minimum atomic E-state index is 1.34. The Kier molecular flexibility index (Phi) is 2.19. The third kappa shape index (κ3) is 1.28. The summed E-state index contributed by atoms with van der Waals surface area (Å²) in [5.41, 5.74) is 4.07. The summed E-state index contributed by atoms with van der Waals surface area (Å²) in [6.07, 6.45) is 4.32. The van der Waals surface area contributed by atoms with Crippen LogP contribution in [0.1, 0.15) is 16.8 Å². The fraction of sp³-hybridized carbons (Fsp3) is 0.364. The Balaban J connectivity index is 2.79. The molecule has 0 bridgehead atoms. The minimum Gasteiger partial charge on any atom is -0.311 e. The molecule has 2 aromatic rings. The average molecular weight is 207 g/mol. The Morgan fingerprint density at radius 2 is 2.07 bits per heavy atom. The molecule has 0 radical (unpaired) electrons. The molecule has 0 aliphatic carbocycles. The number of rotatable bonds is 1. The lowest BCUT2D eigenvalue weighted by molar-refractivity contribution is -0.458. The van der Waals surface area contributed by atoms with E-state index >= 15 is 0 Å². The van der Waals surface area contributed by atoms with Crippen molar-refractivity contribution in [3.8, 4) is 0 Å². The molecular weight excluding hydrogens is 192 g/mol. The molecule has 0 amide bonds. The molecule has 0 unspecified atom stereocenters. The van der Waals surface area contributed by atoms with Crippen LogP contribution in [0.5, 0.6) is 0 Å². The Morgan fingerprint density at radius 3 is 2.71 bits per heavy atom. The van der Waals surface area contributed by atoms with Crippen molar-refractivity contribution in [3.63, 3.8) is 0 Å². The zero-order valence-corrected chi connectivity index (χ0v) is 9.85. The van der Waals surface area contributed by atoms with Crippen LogP contribution in [-0.2, 0) is 0 Å². The van der Waals surface area contributed by atoms with Crippen LogP contribution >= 0.6 is 11.3 Å². The molecule has 0 atom stereocenters. The van der Waals surface area contributed by atoms with Gasteiger partial charge in [-0.15, -0.1) is 11.3 Å². The fourth-order valence-electron chi connectivity index (χ4n) is 1.68. The van der Waals surface area contributed by atoms with Crippen LogP contribution in [-0.4, -0.2) is 29.3 Å². The van der Waals surface area contributed by atoms with Crippen LogP contribution in [0.2, 0.25) is 0 Å². The minimum absolute atomic E-state index is 1.34. The number of fused-ring (bicyclic) bond motifs is 1. The molecule has 0 saturated carbocycles. The van der Waals surface area contributed by atoms with Crippen molar-refractivity contribution in [2.75, 3.05) is 14.1 Å². The molecule has 2 aromatic heterocycles. The monoisotopic (exact) mass is 207 g/mol. The zero-order chi connectivity index (χ0) is 10.3. The molecule has 14 heavy (non-hydrogen) atoms. The quantitative estimate of drug-likeness (QED) is 0.500. The maximum Gasteiger partial charge on any atom is 0.173 e. The number of aryl methyl sites for hydroxylation is 1. The number of hydrogen-bond acceptors (Lipinski definition) is 1.